The van der Waals surface area contributed by atoms with E-state index in [-0.39, 0.29) is 12.1 Å². The van der Waals surface area contributed by atoms with Crippen LogP contribution >= 0.6 is 0 Å². The van der Waals surface area contributed by atoms with E-state index < -0.39 is 11.7 Å². The van der Waals surface area contributed by atoms with Crippen LogP contribution in [0.15, 0.2) is 24.3 Å². The van der Waals surface area contributed by atoms with Gasteiger partial charge in [0.1, 0.15) is 0 Å². The zero-order valence-electron chi connectivity index (χ0n) is 12.4. The smallest absolute Gasteiger partial charge is 0.329 e. The van der Waals surface area contributed by atoms with Crippen molar-refractivity contribution in [2.45, 2.75) is 25.2 Å². The van der Waals surface area contributed by atoms with E-state index in [9.17, 15) is 13.2 Å². The second-order valence-electron chi connectivity index (χ2n) is 5.65. The van der Waals surface area contributed by atoms with Crippen molar-refractivity contribution in [3.05, 3.63) is 35.4 Å². The first-order valence-corrected chi connectivity index (χ1v) is 7.15. The fraction of sp³-hybridized carbons (Fsp3) is 0.600. The van der Waals surface area contributed by atoms with Crippen molar-refractivity contribution in [1.82, 2.24) is 9.80 Å². The molecule has 3 nitrogen and oxygen atoms in total. The number of rotatable bonds is 3. The number of hydrogen-bond donors (Lipinski definition) is 1. The molecule has 0 bridgehead atoms. The summed E-state index contributed by atoms with van der Waals surface area (Å²) in [5.74, 6) is 0. The lowest BCUT2D eigenvalue weighted by Gasteiger charge is -2.43. The molecule has 0 spiro atoms. The Morgan fingerprint density at radius 1 is 1.29 bits per heavy atom. The Morgan fingerprint density at radius 3 is 2.57 bits per heavy atom. The van der Waals surface area contributed by atoms with Crippen molar-refractivity contribution in [2.75, 3.05) is 33.2 Å². The lowest BCUT2D eigenvalue weighted by molar-refractivity contribution is -0.139. The van der Waals surface area contributed by atoms with E-state index in [1.54, 1.807) is 12.1 Å². The molecule has 2 N–H and O–H groups in total. The zero-order valence-corrected chi connectivity index (χ0v) is 12.4. The van der Waals surface area contributed by atoms with Gasteiger partial charge in [0.05, 0.1) is 5.56 Å². The maximum Gasteiger partial charge on any atom is 0.416 e. The molecule has 6 heteroatoms. The maximum absolute atomic E-state index is 13.2. The molecule has 0 saturated carbocycles. The van der Waals surface area contributed by atoms with E-state index in [4.69, 9.17) is 5.73 Å². The average Bonchev–Trinajstić information content (AvgIpc) is 2.45. The second-order valence-corrected chi connectivity index (χ2v) is 5.65. The van der Waals surface area contributed by atoms with Gasteiger partial charge in [0.15, 0.2) is 0 Å². The Morgan fingerprint density at radius 2 is 1.95 bits per heavy atom. The number of nitrogens with two attached hydrogens (primary N) is 1. The van der Waals surface area contributed by atoms with Crippen LogP contribution in [0.25, 0.3) is 0 Å². The van der Waals surface area contributed by atoms with Gasteiger partial charge in [-0.2, -0.15) is 13.2 Å². The van der Waals surface area contributed by atoms with E-state index in [1.807, 2.05) is 14.0 Å². The van der Waals surface area contributed by atoms with Crippen LogP contribution in [0.1, 0.15) is 24.1 Å². The van der Waals surface area contributed by atoms with Crippen molar-refractivity contribution in [3.63, 3.8) is 0 Å². The van der Waals surface area contributed by atoms with Gasteiger partial charge in [-0.25, -0.2) is 0 Å². The summed E-state index contributed by atoms with van der Waals surface area (Å²) in [4.78, 5) is 4.25. The third kappa shape index (κ3) is 3.56. The van der Waals surface area contributed by atoms with Crippen molar-refractivity contribution in [1.29, 1.82) is 0 Å². The standard InChI is InChI=1S/C15H22F3N3/c1-11(21-8-7-20(2)10-12(21)9-19)13-5-3-4-6-14(13)15(16,17)18/h3-6,11-12H,7-10,19H2,1-2H3. The first-order chi connectivity index (χ1) is 9.84. The highest BCUT2D eigenvalue weighted by molar-refractivity contribution is 5.32. The monoisotopic (exact) mass is 301 g/mol. The van der Waals surface area contributed by atoms with Crippen LogP contribution in [0.3, 0.4) is 0 Å². The molecule has 1 aromatic rings. The van der Waals surface area contributed by atoms with Crippen LogP contribution in [-0.2, 0) is 6.18 Å². The van der Waals surface area contributed by atoms with Crippen molar-refractivity contribution in [3.8, 4) is 0 Å². The molecule has 1 fully saturated rings. The molecule has 2 unspecified atom stereocenters. The molecule has 0 aromatic heterocycles. The summed E-state index contributed by atoms with van der Waals surface area (Å²) in [5.41, 5.74) is 5.58. The number of piperazine rings is 1. The van der Waals surface area contributed by atoms with E-state index >= 15 is 0 Å². The number of likely N-dealkylation sites (N-methyl/N-ethyl adjacent to an activating group) is 1. The molecule has 0 radical (unpaired) electrons. The van der Waals surface area contributed by atoms with E-state index in [0.717, 1.165) is 25.7 Å². The van der Waals surface area contributed by atoms with Crippen LogP contribution in [0.2, 0.25) is 0 Å². The number of hydrogen-bond acceptors (Lipinski definition) is 3. The number of halogens is 3. The summed E-state index contributed by atoms with van der Waals surface area (Å²) in [5, 5.41) is 0. The van der Waals surface area contributed by atoms with E-state index in [2.05, 4.69) is 9.80 Å². The highest BCUT2D eigenvalue weighted by Crippen LogP contribution is 2.36. The first-order valence-electron chi connectivity index (χ1n) is 7.15. The summed E-state index contributed by atoms with van der Waals surface area (Å²) in [6.45, 7) is 4.64. The van der Waals surface area contributed by atoms with Gasteiger partial charge in [0, 0.05) is 38.3 Å². The van der Waals surface area contributed by atoms with Crippen LogP contribution < -0.4 is 5.73 Å². The maximum atomic E-state index is 13.2. The molecule has 1 heterocycles. The summed E-state index contributed by atoms with van der Waals surface area (Å²) < 4.78 is 39.5. The highest BCUT2D eigenvalue weighted by Gasteiger charge is 2.37. The van der Waals surface area contributed by atoms with E-state index in [1.165, 1.54) is 6.07 Å². The van der Waals surface area contributed by atoms with Crippen LogP contribution in [-0.4, -0.2) is 49.1 Å². The molecule has 0 amide bonds. The topological polar surface area (TPSA) is 32.5 Å². The van der Waals surface area contributed by atoms with Gasteiger partial charge >= 0.3 is 6.18 Å². The number of benzene rings is 1. The van der Waals surface area contributed by atoms with Crippen molar-refractivity contribution in [2.24, 2.45) is 5.73 Å². The minimum Gasteiger partial charge on any atom is -0.329 e. The predicted octanol–water partition coefficient (Wildman–Crippen LogP) is 2.34. The van der Waals surface area contributed by atoms with Crippen molar-refractivity contribution < 1.29 is 13.2 Å². The SMILES string of the molecule is CC(c1ccccc1C(F)(F)F)N1CCN(C)CC1CN. The normalized spacial score (nSPS) is 23.2. The highest BCUT2D eigenvalue weighted by atomic mass is 19.4. The van der Waals surface area contributed by atoms with Gasteiger partial charge in [0.25, 0.3) is 0 Å². The fourth-order valence-corrected chi connectivity index (χ4v) is 3.04. The second kappa shape index (κ2) is 6.34. The molecule has 118 valence electrons. The third-order valence-corrected chi connectivity index (χ3v) is 4.22. The summed E-state index contributed by atoms with van der Waals surface area (Å²) >= 11 is 0. The van der Waals surface area contributed by atoms with Gasteiger partial charge in [-0.15, -0.1) is 0 Å². The molecule has 1 aliphatic heterocycles. The Bertz CT molecular complexity index is 475. The van der Waals surface area contributed by atoms with Crippen molar-refractivity contribution >= 4 is 0 Å². The van der Waals surface area contributed by atoms with E-state index in [0.29, 0.717) is 12.1 Å². The van der Waals surface area contributed by atoms with Gasteiger partial charge in [-0.3, -0.25) is 4.90 Å². The van der Waals surface area contributed by atoms with Crippen LogP contribution in [0.5, 0.6) is 0 Å². The minimum absolute atomic E-state index is 0.0834. The quantitative estimate of drug-likeness (QED) is 0.930. The summed E-state index contributed by atoms with van der Waals surface area (Å²) in [6.07, 6.45) is -4.32. The largest absolute Gasteiger partial charge is 0.416 e. The van der Waals surface area contributed by atoms with Gasteiger partial charge in [0.2, 0.25) is 0 Å². The van der Waals surface area contributed by atoms with Gasteiger partial charge in [-0.1, -0.05) is 18.2 Å². The molecule has 1 aliphatic rings. The Balaban J connectivity index is 2.29. The van der Waals surface area contributed by atoms with Crippen LogP contribution in [0, 0.1) is 0 Å². The number of alkyl halides is 3. The Kier molecular flexibility index (Phi) is 4.91. The molecular weight excluding hydrogens is 279 g/mol. The lowest BCUT2D eigenvalue weighted by atomic mass is 9.97. The van der Waals surface area contributed by atoms with Gasteiger partial charge < -0.3 is 10.6 Å². The fourth-order valence-electron chi connectivity index (χ4n) is 3.04. The molecule has 1 aromatic carbocycles. The van der Waals surface area contributed by atoms with Gasteiger partial charge in [-0.05, 0) is 25.6 Å². The zero-order chi connectivity index (χ0) is 15.6. The van der Waals surface area contributed by atoms with Crippen LogP contribution in [0.4, 0.5) is 13.2 Å². The molecule has 2 rings (SSSR count). The minimum atomic E-state index is -4.32. The predicted molar refractivity (Wildman–Crippen MR) is 76.9 cm³/mol. The Labute approximate surface area is 123 Å². The summed E-state index contributed by atoms with van der Waals surface area (Å²) in [7, 11) is 2.01. The first kappa shape index (κ1) is 16.3. The molecule has 1 saturated heterocycles. The molecule has 2 atom stereocenters. The molecule has 21 heavy (non-hydrogen) atoms. The Hall–Kier alpha value is -1.11. The third-order valence-electron chi connectivity index (χ3n) is 4.22. The molecular formula is C15H22F3N3. The lowest BCUT2D eigenvalue weighted by Crippen LogP contribution is -2.55. The molecule has 0 aliphatic carbocycles. The summed E-state index contributed by atoms with van der Waals surface area (Å²) in [6, 6.07) is 5.60. The average molecular weight is 301 g/mol. The number of nitrogens with zero attached hydrogens (tertiary/aromatic N) is 2.